The Kier molecular flexibility index (Phi) is 37.8. The third-order valence-corrected chi connectivity index (χ3v) is 11.4. The number of phosphoric ester groups is 1. The fraction of sp³-hybridized carbons (Fsp3) is 0.956. The Balaban J connectivity index is 3.94. The summed E-state index contributed by atoms with van der Waals surface area (Å²) in [5, 5.41) is 0. The Morgan fingerprint density at radius 3 is 1.16 bits per heavy atom. The van der Waals surface area contributed by atoms with Gasteiger partial charge in [0.15, 0.2) is 6.10 Å². The van der Waals surface area contributed by atoms with Gasteiger partial charge in [-0.25, -0.2) is 4.57 Å². The van der Waals surface area contributed by atoms with Crippen molar-refractivity contribution in [3.8, 4) is 0 Å². The largest absolute Gasteiger partial charge is 0.472 e. The first kappa shape index (κ1) is 54.0. The van der Waals surface area contributed by atoms with Crippen molar-refractivity contribution < 1.29 is 42.1 Å². The molecule has 0 aromatic rings. The Bertz CT molecular complexity index is 912. The third kappa shape index (κ3) is 42.4. The smallest absolute Gasteiger partial charge is 0.462 e. The number of unbranched alkanes of at least 4 members (excludes halogenated alkanes) is 29. The number of carbonyl (C=O) groups excluding carboxylic acids is 2. The lowest BCUT2D eigenvalue weighted by Gasteiger charge is -2.24. The minimum absolute atomic E-state index is 0.0361. The molecule has 328 valence electrons. The zero-order valence-corrected chi connectivity index (χ0v) is 37.8. The molecule has 0 aromatic carbocycles. The van der Waals surface area contributed by atoms with Crippen molar-refractivity contribution in [1.29, 1.82) is 0 Å². The van der Waals surface area contributed by atoms with E-state index < -0.39 is 26.5 Å². The topological polar surface area (TPSA) is 108 Å². The minimum atomic E-state index is -4.36. The Labute approximate surface area is 340 Å². The van der Waals surface area contributed by atoms with Crippen molar-refractivity contribution in [1.82, 2.24) is 0 Å². The minimum Gasteiger partial charge on any atom is -0.462 e. The molecule has 0 spiro atoms. The molecule has 0 radical (unpaired) electrons. The van der Waals surface area contributed by atoms with Crippen molar-refractivity contribution >= 4 is 19.8 Å². The second-order valence-electron chi connectivity index (χ2n) is 17.2. The maximum absolute atomic E-state index is 12.6. The molecule has 0 saturated heterocycles. The van der Waals surface area contributed by atoms with Gasteiger partial charge in [0.25, 0.3) is 0 Å². The van der Waals surface area contributed by atoms with Gasteiger partial charge in [-0.3, -0.25) is 18.6 Å². The lowest BCUT2D eigenvalue weighted by atomic mass is 10.0. The third-order valence-electron chi connectivity index (χ3n) is 10.4. The molecule has 1 N–H and O–H groups in total. The van der Waals surface area contributed by atoms with Crippen LogP contribution in [0.15, 0.2) is 0 Å². The van der Waals surface area contributed by atoms with Crippen molar-refractivity contribution in [2.45, 2.75) is 232 Å². The molecule has 0 heterocycles. The highest BCUT2D eigenvalue weighted by Crippen LogP contribution is 2.43. The second-order valence-corrected chi connectivity index (χ2v) is 18.6. The van der Waals surface area contributed by atoms with E-state index in [1.807, 2.05) is 21.1 Å². The van der Waals surface area contributed by atoms with E-state index >= 15 is 0 Å². The first-order valence-corrected chi connectivity index (χ1v) is 24.8. The molecule has 0 fully saturated rings. The summed E-state index contributed by atoms with van der Waals surface area (Å²) in [6.45, 7) is 4.36. The molecule has 2 unspecified atom stereocenters. The van der Waals surface area contributed by atoms with Gasteiger partial charge in [-0.1, -0.05) is 200 Å². The lowest BCUT2D eigenvalue weighted by molar-refractivity contribution is -0.870. The van der Waals surface area contributed by atoms with E-state index in [2.05, 4.69) is 13.8 Å². The summed E-state index contributed by atoms with van der Waals surface area (Å²) in [6.07, 6.45) is 39.3. The van der Waals surface area contributed by atoms with Crippen LogP contribution in [0.5, 0.6) is 0 Å². The van der Waals surface area contributed by atoms with E-state index in [1.54, 1.807) is 0 Å². The standard InChI is InChI=1S/C45H90NO8P/c1-6-8-10-12-13-14-15-16-17-18-19-20-21-22-23-24-25-26-27-28-29-30-31-32-34-36-38-45(48)54-43(41-51-44(47)37-35-33-11-9-7-2)42-53-55(49,50)52-40-39-46(3,4)5/h43H,6-42H2,1-5H3/p+1. The molecule has 0 aromatic heterocycles. The van der Waals surface area contributed by atoms with E-state index in [0.29, 0.717) is 11.0 Å². The molecule has 0 aliphatic carbocycles. The number of hydrogen-bond acceptors (Lipinski definition) is 7. The van der Waals surface area contributed by atoms with Crippen molar-refractivity contribution in [2.24, 2.45) is 0 Å². The van der Waals surface area contributed by atoms with Gasteiger partial charge in [-0.15, -0.1) is 0 Å². The summed E-state index contributed by atoms with van der Waals surface area (Å²) in [4.78, 5) is 35.0. The Morgan fingerprint density at radius 1 is 0.491 bits per heavy atom. The van der Waals surface area contributed by atoms with Crippen molar-refractivity contribution in [3.05, 3.63) is 0 Å². The quantitative estimate of drug-likeness (QED) is 0.0281. The summed E-state index contributed by atoms with van der Waals surface area (Å²) in [6, 6.07) is 0. The molecule has 0 saturated carbocycles. The maximum Gasteiger partial charge on any atom is 0.472 e. The van der Waals surface area contributed by atoms with Crippen LogP contribution in [-0.4, -0.2) is 74.9 Å². The number of phosphoric acid groups is 1. The first-order chi connectivity index (χ1) is 26.5. The molecule has 0 aliphatic rings. The SMILES string of the molecule is CCCCCCCCCCCCCCCCCCCCCCCCCCCCC(=O)OC(COC(=O)CCCCCCC)COP(=O)(O)OCC[N+](C)(C)C. The van der Waals surface area contributed by atoms with Gasteiger partial charge in [-0.2, -0.15) is 0 Å². The van der Waals surface area contributed by atoms with E-state index in [1.165, 1.54) is 148 Å². The Hall–Kier alpha value is -0.990. The van der Waals surface area contributed by atoms with Gasteiger partial charge in [0.1, 0.15) is 19.8 Å². The zero-order valence-electron chi connectivity index (χ0n) is 36.9. The average molecular weight is 805 g/mol. The predicted molar refractivity (Wildman–Crippen MR) is 229 cm³/mol. The predicted octanol–water partition coefficient (Wildman–Crippen LogP) is 13.2. The molecular weight excluding hydrogens is 713 g/mol. The highest BCUT2D eigenvalue weighted by molar-refractivity contribution is 7.47. The van der Waals surface area contributed by atoms with Crippen LogP contribution in [0.2, 0.25) is 0 Å². The molecule has 9 nitrogen and oxygen atoms in total. The molecule has 55 heavy (non-hydrogen) atoms. The lowest BCUT2D eigenvalue weighted by Crippen LogP contribution is -2.37. The molecule has 0 bridgehead atoms. The number of likely N-dealkylation sites (N-methyl/N-ethyl adjacent to an activating group) is 1. The first-order valence-electron chi connectivity index (χ1n) is 23.3. The highest BCUT2D eigenvalue weighted by Gasteiger charge is 2.27. The number of carbonyl (C=O) groups is 2. The van der Waals surface area contributed by atoms with Crippen molar-refractivity contribution in [2.75, 3.05) is 47.5 Å². The van der Waals surface area contributed by atoms with Crippen LogP contribution < -0.4 is 0 Å². The van der Waals surface area contributed by atoms with E-state index in [-0.39, 0.29) is 32.0 Å². The van der Waals surface area contributed by atoms with Crippen LogP contribution in [0.3, 0.4) is 0 Å². The summed E-state index contributed by atoms with van der Waals surface area (Å²) in [7, 11) is 1.49. The van der Waals surface area contributed by atoms with E-state index in [4.69, 9.17) is 18.5 Å². The number of rotatable bonds is 43. The van der Waals surface area contributed by atoms with Gasteiger partial charge >= 0.3 is 19.8 Å². The number of quaternary nitrogens is 1. The normalized spacial score (nSPS) is 13.5. The fourth-order valence-electron chi connectivity index (χ4n) is 6.72. The van der Waals surface area contributed by atoms with Crippen LogP contribution in [0, 0.1) is 0 Å². The summed E-state index contributed by atoms with van der Waals surface area (Å²) in [5.41, 5.74) is 0. The average Bonchev–Trinajstić information content (AvgIpc) is 3.13. The van der Waals surface area contributed by atoms with Crippen LogP contribution in [-0.2, 0) is 32.7 Å². The van der Waals surface area contributed by atoms with Gasteiger partial charge < -0.3 is 18.9 Å². The second kappa shape index (κ2) is 38.5. The monoisotopic (exact) mass is 805 g/mol. The maximum atomic E-state index is 12.6. The number of ether oxygens (including phenoxy) is 2. The van der Waals surface area contributed by atoms with Gasteiger partial charge in [0, 0.05) is 12.8 Å². The van der Waals surface area contributed by atoms with Gasteiger partial charge in [0.2, 0.25) is 0 Å². The van der Waals surface area contributed by atoms with Crippen LogP contribution >= 0.6 is 7.82 Å². The summed E-state index contributed by atoms with van der Waals surface area (Å²) >= 11 is 0. The molecule has 2 atom stereocenters. The van der Waals surface area contributed by atoms with Gasteiger partial charge in [0.05, 0.1) is 27.7 Å². The Morgan fingerprint density at radius 2 is 0.818 bits per heavy atom. The molecule has 0 amide bonds. The van der Waals surface area contributed by atoms with E-state index in [0.717, 1.165) is 51.4 Å². The van der Waals surface area contributed by atoms with Crippen LogP contribution in [0.4, 0.5) is 0 Å². The fourth-order valence-corrected chi connectivity index (χ4v) is 7.46. The molecule has 10 heteroatoms. The summed E-state index contributed by atoms with van der Waals surface area (Å²) < 4.78 is 34.1. The number of hydrogen-bond donors (Lipinski definition) is 1. The number of nitrogens with zero attached hydrogens (tertiary/aromatic N) is 1. The number of esters is 2. The van der Waals surface area contributed by atoms with Crippen LogP contribution in [0.1, 0.15) is 226 Å². The van der Waals surface area contributed by atoms with E-state index in [9.17, 15) is 19.0 Å². The zero-order chi connectivity index (χ0) is 40.7. The summed E-state index contributed by atoms with van der Waals surface area (Å²) in [5.74, 6) is -0.799. The molecule has 0 aliphatic heterocycles. The van der Waals surface area contributed by atoms with Gasteiger partial charge in [-0.05, 0) is 12.8 Å². The van der Waals surface area contributed by atoms with Crippen LogP contribution in [0.25, 0.3) is 0 Å². The molecule has 0 rings (SSSR count). The van der Waals surface area contributed by atoms with Crippen molar-refractivity contribution in [3.63, 3.8) is 0 Å². The highest BCUT2D eigenvalue weighted by atomic mass is 31.2. The molecular formula is C45H91NO8P+.